The van der Waals surface area contributed by atoms with Crippen molar-refractivity contribution in [1.29, 1.82) is 0 Å². The summed E-state index contributed by atoms with van der Waals surface area (Å²) in [6.45, 7) is 2.77. The normalized spacial score (nSPS) is 21.8. The number of hydrogen-bond donors (Lipinski definition) is 3. The molecule has 3 atom stereocenters. The molecule has 1 fully saturated rings. The predicted molar refractivity (Wildman–Crippen MR) is 144 cm³/mol. The maximum Gasteiger partial charge on any atom is 0.247 e. The molecule has 7 nitrogen and oxygen atoms in total. The molecule has 35 heavy (non-hydrogen) atoms. The van der Waals surface area contributed by atoms with E-state index < -0.39 is 18.2 Å². The summed E-state index contributed by atoms with van der Waals surface area (Å²) in [6, 6.07) is 6.99. The molecule has 0 spiro atoms. The van der Waals surface area contributed by atoms with Gasteiger partial charge in [-0.15, -0.1) is 0 Å². The van der Waals surface area contributed by atoms with Gasteiger partial charge in [-0.3, -0.25) is 9.59 Å². The third-order valence-electron chi connectivity index (χ3n) is 6.68. The zero-order valence-electron chi connectivity index (χ0n) is 20.6. The first kappa shape index (κ1) is 27.9. The number of halogens is 1. The van der Waals surface area contributed by atoms with Crippen molar-refractivity contribution in [1.82, 2.24) is 10.2 Å². The second kappa shape index (κ2) is 14.2. The van der Waals surface area contributed by atoms with Crippen LogP contribution < -0.4 is 10.1 Å². The molecule has 3 N–H and O–H groups in total. The van der Waals surface area contributed by atoms with Gasteiger partial charge in [0.25, 0.3) is 0 Å². The number of aliphatic hydroxyl groups is 2. The van der Waals surface area contributed by atoms with Gasteiger partial charge in [0.05, 0.1) is 16.2 Å². The molecule has 0 radical (unpaired) electrons. The fourth-order valence-corrected chi connectivity index (χ4v) is 5.01. The lowest BCUT2D eigenvalue weighted by Crippen LogP contribution is -2.55. The molecule has 3 unspecified atom stereocenters. The fourth-order valence-electron chi connectivity index (χ4n) is 4.49. The Morgan fingerprint density at radius 3 is 2.60 bits per heavy atom. The van der Waals surface area contributed by atoms with Crippen LogP contribution in [0.15, 0.2) is 35.9 Å². The van der Waals surface area contributed by atoms with Crippen LogP contribution in [-0.2, 0) is 9.59 Å². The van der Waals surface area contributed by atoms with E-state index in [1.807, 2.05) is 29.2 Å². The second-order valence-corrected chi connectivity index (χ2v) is 10.8. The highest BCUT2D eigenvalue weighted by Crippen LogP contribution is 2.34. The van der Waals surface area contributed by atoms with Gasteiger partial charge in [0.2, 0.25) is 11.8 Å². The van der Waals surface area contributed by atoms with E-state index in [1.54, 1.807) is 6.08 Å². The first-order valence-corrected chi connectivity index (χ1v) is 14.0. The number of unbranched alkanes of at least 4 members (excludes halogenated alkanes) is 4. The lowest BCUT2D eigenvalue weighted by Gasteiger charge is -2.40. The van der Waals surface area contributed by atoms with Crippen molar-refractivity contribution in [2.24, 2.45) is 5.92 Å². The van der Waals surface area contributed by atoms with Crippen LogP contribution in [0, 0.1) is 9.49 Å². The summed E-state index contributed by atoms with van der Waals surface area (Å²) in [5, 5.41) is 23.3. The molecule has 8 heteroatoms. The largest absolute Gasteiger partial charge is 0.482 e. The van der Waals surface area contributed by atoms with Crippen LogP contribution in [0.25, 0.3) is 0 Å². The number of hydrogen-bond acceptors (Lipinski definition) is 5. The zero-order valence-corrected chi connectivity index (χ0v) is 22.8. The average molecular weight is 599 g/mol. The minimum atomic E-state index is -0.955. The highest BCUT2D eigenvalue weighted by molar-refractivity contribution is 14.1. The first-order valence-electron chi connectivity index (χ1n) is 12.9. The van der Waals surface area contributed by atoms with E-state index in [0.29, 0.717) is 30.2 Å². The topological polar surface area (TPSA) is 99.1 Å². The smallest absolute Gasteiger partial charge is 0.247 e. The number of carbonyl (C=O) groups excluding carboxylic acids is 2. The molecule has 1 aromatic carbocycles. The number of ether oxygens (including phenoxy) is 1. The maximum atomic E-state index is 13.4. The number of aliphatic hydroxyl groups excluding tert-OH is 2. The number of benzene rings is 1. The molecule has 2 aliphatic rings. The number of para-hydroxylation sites is 1. The number of nitrogens with zero attached hydrogens (tertiary/aromatic N) is 1. The molecule has 1 saturated carbocycles. The zero-order chi connectivity index (χ0) is 25.2. The van der Waals surface area contributed by atoms with E-state index in [9.17, 15) is 14.7 Å². The van der Waals surface area contributed by atoms with Gasteiger partial charge in [0, 0.05) is 31.5 Å². The Morgan fingerprint density at radius 1 is 1.17 bits per heavy atom. The van der Waals surface area contributed by atoms with Gasteiger partial charge in [-0.05, 0) is 66.0 Å². The van der Waals surface area contributed by atoms with Crippen LogP contribution in [0.1, 0.15) is 64.7 Å². The van der Waals surface area contributed by atoms with Crippen molar-refractivity contribution in [2.75, 3.05) is 19.7 Å². The molecule has 194 valence electrons. The highest BCUT2D eigenvalue weighted by atomic mass is 127. The Balaban J connectivity index is 1.80. The molecule has 2 aliphatic carbocycles. The summed E-state index contributed by atoms with van der Waals surface area (Å²) in [6.07, 6.45) is 8.17. The van der Waals surface area contributed by atoms with E-state index in [-0.39, 0.29) is 31.4 Å². The van der Waals surface area contributed by atoms with Crippen LogP contribution >= 0.6 is 22.6 Å². The van der Waals surface area contributed by atoms with Gasteiger partial charge >= 0.3 is 0 Å². The highest BCUT2D eigenvalue weighted by Gasteiger charge is 2.42. The van der Waals surface area contributed by atoms with Crippen molar-refractivity contribution in [3.63, 3.8) is 0 Å². The van der Waals surface area contributed by atoms with E-state index in [0.717, 1.165) is 42.1 Å². The monoisotopic (exact) mass is 598 g/mol. The number of amides is 2. The number of carbonyl (C=O) groups is 2. The SMILES string of the molecule is CCCCCCCC(=O)N(CC1CC1)C1CC(C(=O)NCCO)=CC(Oc2ccccc2I)C1O. The third-order valence-corrected chi connectivity index (χ3v) is 7.57. The first-order chi connectivity index (χ1) is 16.9. The van der Waals surface area contributed by atoms with E-state index in [1.165, 1.54) is 6.42 Å². The standard InChI is InChI=1S/C27H39IN2O5/c1-2-3-4-5-6-11-25(32)30(18-19-12-13-19)22-16-20(27(34)29-14-15-31)17-24(26(22)33)35-23-10-8-7-9-21(23)28/h7-10,17,19,22,24,26,31,33H,2-6,11-16,18H2,1H3,(H,29,34). The molecule has 1 aromatic rings. The molecule has 0 bridgehead atoms. The molecule has 0 saturated heterocycles. The van der Waals surface area contributed by atoms with Crippen LogP contribution in [0.4, 0.5) is 0 Å². The molecule has 0 aliphatic heterocycles. The van der Waals surface area contributed by atoms with Crippen molar-refractivity contribution in [2.45, 2.75) is 83.0 Å². The van der Waals surface area contributed by atoms with Crippen molar-refractivity contribution < 1.29 is 24.5 Å². The minimum Gasteiger partial charge on any atom is -0.482 e. The van der Waals surface area contributed by atoms with Gasteiger partial charge in [0.1, 0.15) is 18.0 Å². The van der Waals surface area contributed by atoms with Gasteiger partial charge in [0.15, 0.2) is 0 Å². The Labute approximate surface area is 222 Å². The quantitative estimate of drug-likeness (QED) is 0.224. The Morgan fingerprint density at radius 2 is 1.91 bits per heavy atom. The summed E-state index contributed by atoms with van der Waals surface area (Å²) in [4.78, 5) is 28.0. The van der Waals surface area contributed by atoms with E-state index in [4.69, 9.17) is 9.84 Å². The maximum absolute atomic E-state index is 13.4. The van der Waals surface area contributed by atoms with Gasteiger partial charge in [-0.2, -0.15) is 0 Å². The van der Waals surface area contributed by atoms with Crippen molar-refractivity contribution in [3.05, 3.63) is 39.5 Å². The molecular formula is C27H39IN2O5. The van der Waals surface area contributed by atoms with Gasteiger partial charge < -0.3 is 25.2 Å². The summed E-state index contributed by atoms with van der Waals surface area (Å²) < 4.78 is 7.09. The number of rotatable bonds is 14. The molecule has 3 rings (SSSR count). The van der Waals surface area contributed by atoms with Crippen LogP contribution in [0.2, 0.25) is 0 Å². The Hall–Kier alpha value is -1.65. The van der Waals surface area contributed by atoms with Crippen molar-refractivity contribution in [3.8, 4) is 5.75 Å². The third kappa shape index (κ3) is 8.46. The van der Waals surface area contributed by atoms with E-state index in [2.05, 4.69) is 34.8 Å². The van der Waals surface area contributed by atoms with E-state index >= 15 is 0 Å². The Bertz CT molecular complexity index is 873. The summed E-state index contributed by atoms with van der Waals surface area (Å²) in [7, 11) is 0. The fraction of sp³-hybridized carbons (Fsp3) is 0.630. The minimum absolute atomic E-state index is 0.0440. The van der Waals surface area contributed by atoms with Gasteiger partial charge in [-0.1, -0.05) is 44.7 Å². The lowest BCUT2D eigenvalue weighted by atomic mass is 9.87. The van der Waals surface area contributed by atoms with Crippen LogP contribution in [0.3, 0.4) is 0 Å². The average Bonchev–Trinajstić information content (AvgIpc) is 3.68. The molecule has 2 amide bonds. The summed E-state index contributed by atoms with van der Waals surface area (Å²) >= 11 is 2.18. The lowest BCUT2D eigenvalue weighted by molar-refractivity contribution is -0.139. The summed E-state index contributed by atoms with van der Waals surface area (Å²) in [5.74, 6) is 0.826. The summed E-state index contributed by atoms with van der Waals surface area (Å²) in [5.41, 5.74) is 0.473. The predicted octanol–water partition coefficient (Wildman–Crippen LogP) is 3.81. The van der Waals surface area contributed by atoms with Crippen LogP contribution in [-0.4, -0.2) is 64.9 Å². The second-order valence-electron chi connectivity index (χ2n) is 9.60. The van der Waals surface area contributed by atoms with Gasteiger partial charge in [-0.25, -0.2) is 0 Å². The molecule has 0 heterocycles. The Kier molecular flexibility index (Phi) is 11.3. The molecule has 0 aromatic heterocycles. The number of nitrogens with one attached hydrogen (secondary N) is 1. The van der Waals surface area contributed by atoms with Crippen molar-refractivity contribution >= 4 is 34.4 Å². The van der Waals surface area contributed by atoms with Crippen LogP contribution in [0.5, 0.6) is 5.75 Å². The molecular weight excluding hydrogens is 559 g/mol.